The molecule has 2 aromatic heterocycles. The Labute approximate surface area is 118 Å². The number of pyridine rings is 1. The Morgan fingerprint density at radius 2 is 1.62 bits per heavy atom. The second kappa shape index (κ2) is 4.67. The maximum Gasteiger partial charge on any atom is 0.267 e. The molecule has 0 saturated heterocycles. The maximum atomic E-state index is 11.3. The summed E-state index contributed by atoms with van der Waals surface area (Å²) in [7, 11) is 0. The van der Waals surface area contributed by atoms with Gasteiger partial charge in [0.15, 0.2) is 0 Å². The van der Waals surface area contributed by atoms with Gasteiger partial charge in [-0.15, -0.1) is 5.10 Å². The molecule has 3 aromatic rings. The van der Waals surface area contributed by atoms with Crippen LogP contribution < -0.4 is 11.5 Å². The van der Waals surface area contributed by atoms with E-state index in [-0.39, 0.29) is 11.4 Å². The van der Waals surface area contributed by atoms with E-state index in [2.05, 4.69) is 15.3 Å². The van der Waals surface area contributed by atoms with Crippen LogP contribution in [0.3, 0.4) is 0 Å². The lowest BCUT2D eigenvalue weighted by atomic mass is 10.2. The van der Waals surface area contributed by atoms with E-state index < -0.39 is 11.8 Å². The largest absolute Gasteiger partial charge is 0.364 e. The van der Waals surface area contributed by atoms with Crippen molar-refractivity contribution < 1.29 is 9.59 Å². The van der Waals surface area contributed by atoms with Crippen LogP contribution in [0.1, 0.15) is 21.0 Å². The van der Waals surface area contributed by atoms with Gasteiger partial charge in [-0.3, -0.25) is 9.59 Å². The van der Waals surface area contributed by atoms with Crippen molar-refractivity contribution in [2.75, 3.05) is 0 Å². The van der Waals surface area contributed by atoms with Crippen molar-refractivity contribution in [2.24, 2.45) is 11.5 Å². The molecule has 0 saturated carbocycles. The number of primary amides is 2. The van der Waals surface area contributed by atoms with Crippen molar-refractivity contribution in [1.82, 2.24) is 20.0 Å². The van der Waals surface area contributed by atoms with Crippen molar-refractivity contribution in [3.8, 4) is 5.69 Å². The minimum Gasteiger partial charge on any atom is -0.364 e. The Kier molecular flexibility index (Phi) is 2.83. The van der Waals surface area contributed by atoms with Gasteiger partial charge in [0.1, 0.15) is 16.9 Å². The van der Waals surface area contributed by atoms with Crippen molar-refractivity contribution in [3.63, 3.8) is 0 Å². The number of amides is 2. The highest BCUT2D eigenvalue weighted by atomic mass is 16.1. The second-order valence-corrected chi connectivity index (χ2v) is 4.31. The fraction of sp³-hybridized carbons (Fsp3) is 0. The maximum absolute atomic E-state index is 11.3. The first-order valence-electron chi connectivity index (χ1n) is 5.99. The molecule has 0 aliphatic carbocycles. The van der Waals surface area contributed by atoms with E-state index in [4.69, 9.17) is 11.5 Å². The Bertz CT molecular complexity index is 838. The van der Waals surface area contributed by atoms with Gasteiger partial charge in [0, 0.05) is 0 Å². The van der Waals surface area contributed by atoms with Crippen LogP contribution in [0.15, 0.2) is 36.4 Å². The zero-order valence-electron chi connectivity index (χ0n) is 10.7. The summed E-state index contributed by atoms with van der Waals surface area (Å²) in [5.74, 6) is -1.52. The molecule has 0 aliphatic heterocycles. The molecule has 0 unspecified atom stereocenters. The number of hydrogen-bond donors (Lipinski definition) is 2. The Balaban J connectivity index is 2.26. The van der Waals surface area contributed by atoms with E-state index in [9.17, 15) is 9.59 Å². The average molecular weight is 282 g/mol. The Morgan fingerprint density at radius 1 is 1.00 bits per heavy atom. The van der Waals surface area contributed by atoms with Crippen molar-refractivity contribution >= 4 is 22.8 Å². The van der Waals surface area contributed by atoms with Gasteiger partial charge < -0.3 is 11.5 Å². The lowest BCUT2D eigenvalue weighted by Crippen LogP contribution is -2.19. The summed E-state index contributed by atoms with van der Waals surface area (Å²) >= 11 is 0. The van der Waals surface area contributed by atoms with Crippen LogP contribution in [0.4, 0.5) is 0 Å². The van der Waals surface area contributed by atoms with Gasteiger partial charge in [0.25, 0.3) is 11.8 Å². The third-order valence-electron chi connectivity index (χ3n) is 2.91. The van der Waals surface area contributed by atoms with Crippen LogP contribution in [0.25, 0.3) is 16.7 Å². The number of carbonyl (C=O) groups is 2. The highest BCUT2D eigenvalue weighted by molar-refractivity contribution is 5.96. The highest BCUT2D eigenvalue weighted by Crippen LogP contribution is 2.17. The summed E-state index contributed by atoms with van der Waals surface area (Å²) in [5, 5.41) is 8.01. The van der Waals surface area contributed by atoms with Gasteiger partial charge >= 0.3 is 0 Å². The lowest BCUT2D eigenvalue weighted by molar-refractivity contribution is 0.0992. The normalized spacial score (nSPS) is 10.7. The minimum atomic E-state index is -0.760. The molecule has 8 heteroatoms. The van der Waals surface area contributed by atoms with Gasteiger partial charge in [0.05, 0.1) is 11.2 Å². The van der Waals surface area contributed by atoms with Gasteiger partial charge in [-0.25, -0.2) is 9.67 Å². The SMILES string of the molecule is NC(=O)c1cc(-n2nnc3ccccc32)cc(C(N)=O)n1. The molecule has 2 heterocycles. The fourth-order valence-electron chi connectivity index (χ4n) is 1.95. The van der Waals surface area contributed by atoms with Gasteiger partial charge in [0.2, 0.25) is 0 Å². The molecule has 0 spiro atoms. The molecular weight excluding hydrogens is 272 g/mol. The number of rotatable bonds is 3. The van der Waals surface area contributed by atoms with Crippen LogP contribution in [0.5, 0.6) is 0 Å². The molecule has 1 aromatic carbocycles. The average Bonchev–Trinajstić information content (AvgIpc) is 2.90. The second-order valence-electron chi connectivity index (χ2n) is 4.31. The summed E-state index contributed by atoms with van der Waals surface area (Å²) in [4.78, 5) is 26.5. The number of nitrogens with zero attached hydrogens (tertiary/aromatic N) is 4. The van der Waals surface area contributed by atoms with E-state index in [0.717, 1.165) is 5.52 Å². The first-order valence-corrected chi connectivity index (χ1v) is 5.99. The topological polar surface area (TPSA) is 130 Å². The highest BCUT2D eigenvalue weighted by Gasteiger charge is 2.14. The number of hydrogen-bond acceptors (Lipinski definition) is 5. The molecule has 0 bridgehead atoms. The number of para-hydroxylation sites is 1. The first kappa shape index (κ1) is 12.7. The number of benzene rings is 1. The van der Waals surface area contributed by atoms with E-state index >= 15 is 0 Å². The number of nitrogens with two attached hydrogens (primary N) is 2. The molecule has 8 nitrogen and oxygen atoms in total. The van der Waals surface area contributed by atoms with Crippen LogP contribution in [0, 0.1) is 0 Å². The van der Waals surface area contributed by atoms with Crippen molar-refractivity contribution in [3.05, 3.63) is 47.8 Å². The molecule has 3 rings (SSSR count). The number of aromatic nitrogens is 4. The monoisotopic (exact) mass is 282 g/mol. The summed E-state index contributed by atoms with van der Waals surface area (Å²) in [6.45, 7) is 0. The molecule has 4 N–H and O–H groups in total. The van der Waals surface area contributed by atoms with E-state index in [1.165, 1.54) is 16.8 Å². The molecule has 104 valence electrons. The third-order valence-corrected chi connectivity index (χ3v) is 2.91. The molecule has 0 atom stereocenters. The van der Waals surface area contributed by atoms with E-state index in [0.29, 0.717) is 11.2 Å². The summed E-state index contributed by atoms with van der Waals surface area (Å²) in [6, 6.07) is 10.1. The summed E-state index contributed by atoms with van der Waals surface area (Å²) < 4.78 is 1.48. The number of fused-ring (bicyclic) bond motifs is 1. The quantitative estimate of drug-likeness (QED) is 0.699. The minimum absolute atomic E-state index is 0.0686. The fourth-order valence-corrected chi connectivity index (χ4v) is 1.95. The summed E-state index contributed by atoms with van der Waals surface area (Å²) in [6.07, 6.45) is 0. The predicted octanol–water partition coefficient (Wildman–Crippen LogP) is 0.0133. The van der Waals surface area contributed by atoms with E-state index in [1.807, 2.05) is 18.2 Å². The van der Waals surface area contributed by atoms with Gasteiger partial charge in [-0.2, -0.15) is 0 Å². The lowest BCUT2D eigenvalue weighted by Gasteiger charge is -2.06. The first-order chi connectivity index (χ1) is 10.1. The molecule has 0 radical (unpaired) electrons. The van der Waals surface area contributed by atoms with Crippen LogP contribution >= 0.6 is 0 Å². The van der Waals surface area contributed by atoms with Gasteiger partial charge in [-0.05, 0) is 24.3 Å². The van der Waals surface area contributed by atoms with Crippen molar-refractivity contribution in [1.29, 1.82) is 0 Å². The smallest absolute Gasteiger partial charge is 0.267 e. The van der Waals surface area contributed by atoms with Crippen LogP contribution in [-0.4, -0.2) is 31.8 Å². The van der Waals surface area contributed by atoms with Gasteiger partial charge in [-0.1, -0.05) is 17.3 Å². The molecule has 2 amide bonds. The third kappa shape index (κ3) is 2.18. The van der Waals surface area contributed by atoms with Crippen LogP contribution in [-0.2, 0) is 0 Å². The zero-order chi connectivity index (χ0) is 15.0. The molecule has 0 fully saturated rings. The Hall–Kier alpha value is -3.29. The summed E-state index contributed by atoms with van der Waals surface area (Å²) in [5.41, 5.74) is 12.1. The van der Waals surface area contributed by atoms with Crippen molar-refractivity contribution in [2.45, 2.75) is 0 Å². The van der Waals surface area contributed by atoms with E-state index in [1.54, 1.807) is 6.07 Å². The standard InChI is InChI=1S/C13H10N6O2/c14-12(20)9-5-7(6-10(16-9)13(15)21)19-11-4-2-1-3-8(11)17-18-19/h1-6H,(H2,14,20)(H2,15,21). The van der Waals surface area contributed by atoms with Crippen LogP contribution in [0.2, 0.25) is 0 Å². The zero-order valence-corrected chi connectivity index (χ0v) is 10.7. The molecule has 0 aliphatic rings. The Morgan fingerprint density at radius 3 is 2.24 bits per heavy atom. The molecule has 21 heavy (non-hydrogen) atoms. The number of carbonyl (C=O) groups excluding carboxylic acids is 2. The molecular formula is C13H10N6O2. The predicted molar refractivity (Wildman–Crippen MR) is 73.7 cm³/mol.